The van der Waals surface area contributed by atoms with Crippen molar-refractivity contribution in [2.75, 3.05) is 73.6 Å². The zero-order valence-corrected chi connectivity index (χ0v) is 35.9. The first-order valence-corrected chi connectivity index (χ1v) is 22.9. The molecule has 7 aliphatic heterocycles. The molecule has 1 N–H and O–H groups in total. The first-order valence-electron chi connectivity index (χ1n) is 22.5. The molecule has 13 nitrogen and oxygen atoms in total. The summed E-state index contributed by atoms with van der Waals surface area (Å²) < 4.78 is 0. The first kappa shape index (κ1) is 40.6. The second-order valence-electron chi connectivity index (χ2n) is 18.7. The molecule has 3 aromatic carbocycles. The van der Waals surface area contributed by atoms with Crippen LogP contribution in [0.3, 0.4) is 0 Å². The first-order chi connectivity index (χ1) is 30.0. The van der Waals surface area contributed by atoms with Crippen LogP contribution in [0.15, 0.2) is 60.7 Å². The quantitative estimate of drug-likeness (QED) is 0.301. The molecule has 3 aromatic rings. The number of nitrogens with zero attached hydrogens (tertiary/aromatic N) is 7. The van der Waals surface area contributed by atoms with Crippen LogP contribution < -0.4 is 20.0 Å². The number of likely N-dealkylation sites (tertiary alicyclic amines) is 2. The number of anilines is 3. The van der Waals surface area contributed by atoms with Gasteiger partial charge in [-0.25, -0.2) is 0 Å². The second kappa shape index (κ2) is 16.0. The van der Waals surface area contributed by atoms with E-state index in [0.29, 0.717) is 27.8 Å². The lowest BCUT2D eigenvalue weighted by atomic mass is 9.77. The van der Waals surface area contributed by atoms with Crippen LogP contribution in [0.2, 0.25) is 5.02 Å². The molecule has 62 heavy (non-hydrogen) atoms. The zero-order valence-electron chi connectivity index (χ0n) is 35.1. The summed E-state index contributed by atoms with van der Waals surface area (Å²) in [6, 6.07) is 21.1. The van der Waals surface area contributed by atoms with Gasteiger partial charge in [-0.15, -0.1) is 0 Å². The number of imide groups is 2. The van der Waals surface area contributed by atoms with Crippen LogP contribution in [0.1, 0.15) is 107 Å². The maximum Gasteiger partial charge on any atom is 0.262 e. The molecule has 1 unspecified atom stereocenters. The number of carbonyl (C=O) groups excluding carboxylic acids is 5. The summed E-state index contributed by atoms with van der Waals surface area (Å²) >= 11 is 6.33. The van der Waals surface area contributed by atoms with Crippen LogP contribution in [0.4, 0.5) is 17.1 Å². The third-order valence-corrected chi connectivity index (χ3v) is 15.8. The van der Waals surface area contributed by atoms with Gasteiger partial charge in [0.25, 0.3) is 17.7 Å². The minimum Gasteiger partial charge on any atom is -0.371 e. The van der Waals surface area contributed by atoms with Gasteiger partial charge in [-0.3, -0.25) is 39.1 Å². The van der Waals surface area contributed by atoms with Crippen molar-refractivity contribution in [2.45, 2.75) is 88.3 Å². The van der Waals surface area contributed by atoms with Gasteiger partial charge in [-0.2, -0.15) is 5.26 Å². The van der Waals surface area contributed by atoms with Crippen LogP contribution in [-0.4, -0.2) is 121 Å². The number of piperidine rings is 4. The van der Waals surface area contributed by atoms with Gasteiger partial charge < -0.3 is 19.6 Å². The van der Waals surface area contributed by atoms with Gasteiger partial charge in [0.05, 0.1) is 21.7 Å². The molecular weight excluding hydrogens is 804 g/mol. The second-order valence-corrected chi connectivity index (χ2v) is 19.1. The van der Waals surface area contributed by atoms with Crippen molar-refractivity contribution in [1.29, 1.82) is 5.26 Å². The molecule has 0 radical (unpaired) electrons. The molecule has 2 spiro atoms. The van der Waals surface area contributed by atoms with Crippen LogP contribution in [-0.2, 0) is 9.59 Å². The highest BCUT2D eigenvalue weighted by atomic mass is 35.5. The number of benzene rings is 3. The lowest BCUT2D eigenvalue weighted by molar-refractivity contribution is -0.136. The molecule has 322 valence electrons. The third kappa shape index (κ3) is 7.19. The number of halogens is 1. The van der Waals surface area contributed by atoms with Gasteiger partial charge in [0, 0.05) is 93.0 Å². The molecule has 0 aliphatic carbocycles. The van der Waals surface area contributed by atoms with Crippen molar-refractivity contribution in [3.63, 3.8) is 0 Å². The standard InChI is InChI=1S/C48H53ClN8O5/c49-40-29-37(7-4-33(40)30-50)54-23-15-47(16-24-54)17-25-55(31-47)44(60)32-2-5-34(6-3-32)53-26-18-48(19-27-53)14-1-20-56(48)35-12-21-52(22-13-35)36-8-9-38-39(28-36)46(62)57(45(38)61)41-10-11-42(58)51-43(41)59/h2-9,28-29,35,41H,1,10-27,31H2,(H,51,58,59). The smallest absolute Gasteiger partial charge is 0.262 e. The molecule has 7 aliphatic rings. The number of carbonyl (C=O) groups is 5. The minimum atomic E-state index is -0.968. The Balaban J connectivity index is 0.709. The molecular formula is C48H53ClN8O5. The number of rotatable bonds is 6. The van der Waals surface area contributed by atoms with E-state index in [1.165, 1.54) is 18.5 Å². The van der Waals surface area contributed by atoms with Crippen molar-refractivity contribution in [3.05, 3.63) is 87.9 Å². The molecule has 6 saturated heterocycles. The maximum absolute atomic E-state index is 13.8. The highest BCUT2D eigenvalue weighted by molar-refractivity contribution is 6.32. The molecule has 10 rings (SSSR count). The monoisotopic (exact) mass is 856 g/mol. The van der Waals surface area contributed by atoms with Crippen molar-refractivity contribution in [1.82, 2.24) is 20.0 Å². The fraction of sp³-hybridized carbons (Fsp3) is 0.500. The van der Waals surface area contributed by atoms with Gasteiger partial charge in [-0.1, -0.05) is 11.6 Å². The van der Waals surface area contributed by atoms with E-state index in [-0.39, 0.29) is 35.6 Å². The Morgan fingerprint density at radius 1 is 0.694 bits per heavy atom. The van der Waals surface area contributed by atoms with Crippen molar-refractivity contribution in [2.24, 2.45) is 5.41 Å². The molecule has 0 saturated carbocycles. The summed E-state index contributed by atoms with van der Waals surface area (Å²) in [5.74, 6) is -1.81. The van der Waals surface area contributed by atoms with Crippen molar-refractivity contribution >= 4 is 58.2 Å². The minimum absolute atomic E-state index is 0.0979. The van der Waals surface area contributed by atoms with E-state index < -0.39 is 23.8 Å². The Labute approximate surface area is 367 Å². The Bertz CT molecular complexity index is 2360. The highest BCUT2D eigenvalue weighted by Gasteiger charge is 2.48. The van der Waals surface area contributed by atoms with E-state index in [9.17, 15) is 29.2 Å². The fourth-order valence-corrected chi connectivity index (χ4v) is 12.1. The van der Waals surface area contributed by atoms with Gasteiger partial charge in [0.2, 0.25) is 11.8 Å². The summed E-state index contributed by atoms with van der Waals surface area (Å²) in [5.41, 5.74) is 5.38. The summed E-state index contributed by atoms with van der Waals surface area (Å²) in [5, 5.41) is 12.0. The lowest BCUT2D eigenvalue weighted by Gasteiger charge is -2.50. The van der Waals surface area contributed by atoms with Crippen LogP contribution in [0, 0.1) is 16.7 Å². The number of hydrogen-bond acceptors (Lipinski definition) is 10. The molecule has 5 amide bonds. The Morgan fingerprint density at radius 2 is 1.32 bits per heavy atom. The summed E-state index contributed by atoms with van der Waals surface area (Å²) in [6.07, 6.45) is 10.0. The molecule has 0 bridgehead atoms. The van der Waals surface area contributed by atoms with Gasteiger partial charge in [0.1, 0.15) is 12.1 Å². The number of nitrogens with one attached hydrogen (secondary N) is 1. The van der Waals surface area contributed by atoms with Crippen molar-refractivity contribution in [3.8, 4) is 6.07 Å². The highest BCUT2D eigenvalue weighted by Crippen LogP contribution is 2.44. The van der Waals surface area contributed by atoms with Gasteiger partial charge >= 0.3 is 0 Å². The summed E-state index contributed by atoms with van der Waals surface area (Å²) in [7, 11) is 0. The molecule has 0 aromatic heterocycles. The fourth-order valence-electron chi connectivity index (χ4n) is 11.9. The van der Waals surface area contributed by atoms with E-state index in [1.54, 1.807) is 12.1 Å². The van der Waals surface area contributed by atoms with Crippen LogP contribution in [0.25, 0.3) is 0 Å². The van der Waals surface area contributed by atoms with E-state index >= 15 is 0 Å². The Kier molecular flexibility index (Phi) is 10.5. The van der Waals surface area contributed by atoms with Crippen LogP contribution >= 0.6 is 11.6 Å². The summed E-state index contributed by atoms with van der Waals surface area (Å²) in [4.78, 5) is 77.7. The van der Waals surface area contributed by atoms with E-state index in [2.05, 4.69) is 48.0 Å². The predicted molar refractivity (Wildman–Crippen MR) is 235 cm³/mol. The van der Waals surface area contributed by atoms with E-state index in [0.717, 1.165) is 126 Å². The predicted octanol–water partition coefficient (Wildman–Crippen LogP) is 5.85. The Hall–Kier alpha value is -5.45. The number of nitriles is 1. The van der Waals surface area contributed by atoms with Crippen molar-refractivity contribution < 1.29 is 24.0 Å². The number of hydrogen-bond donors (Lipinski definition) is 1. The van der Waals surface area contributed by atoms with Crippen LogP contribution in [0.5, 0.6) is 0 Å². The van der Waals surface area contributed by atoms with Gasteiger partial charge in [-0.05, 0) is 137 Å². The summed E-state index contributed by atoms with van der Waals surface area (Å²) in [6.45, 7) is 8.22. The SMILES string of the molecule is N#Cc1ccc(N2CCC3(CCN(C(=O)c4ccc(N5CCC6(CCCN6C6CCN(c7ccc8c(c7)C(=O)N(C7CCC(=O)NC7=O)C8=O)CC6)CC5)cc4)C3)CC2)cc1Cl. The normalized spacial score (nSPS) is 24.0. The lowest BCUT2D eigenvalue weighted by Crippen LogP contribution is -2.57. The molecule has 6 fully saturated rings. The largest absolute Gasteiger partial charge is 0.371 e. The van der Waals surface area contributed by atoms with E-state index in [1.807, 2.05) is 36.4 Å². The molecule has 14 heteroatoms. The Morgan fingerprint density at radius 3 is 2.03 bits per heavy atom. The molecule has 1 atom stereocenters. The number of amides is 5. The molecule has 7 heterocycles. The topological polar surface area (TPSA) is 141 Å². The maximum atomic E-state index is 13.8. The average molecular weight is 857 g/mol. The zero-order chi connectivity index (χ0) is 42.8. The van der Waals surface area contributed by atoms with E-state index in [4.69, 9.17) is 11.6 Å². The van der Waals surface area contributed by atoms with Gasteiger partial charge in [0.15, 0.2) is 0 Å². The average Bonchev–Trinajstić information content (AvgIpc) is 3.97. The number of fused-ring (bicyclic) bond motifs is 1. The third-order valence-electron chi connectivity index (χ3n) is 15.5.